The third kappa shape index (κ3) is 5.67. The first-order valence-electron chi connectivity index (χ1n) is 12.7. The third-order valence-corrected chi connectivity index (χ3v) is 7.08. The Morgan fingerprint density at radius 2 is 0.944 bits per heavy atom. The summed E-state index contributed by atoms with van der Waals surface area (Å²) in [4.78, 5) is 0. The summed E-state index contributed by atoms with van der Waals surface area (Å²) < 4.78 is 33.5. The van der Waals surface area contributed by atoms with Gasteiger partial charge in [-0.2, -0.15) is 0 Å². The van der Waals surface area contributed by atoms with Crippen LogP contribution in [0.25, 0.3) is 0 Å². The molecule has 0 amide bonds. The fraction of sp³-hybridized carbons (Fsp3) is 0.400. The maximum Gasteiger partial charge on any atom is 0.119 e. The minimum Gasteiger partial charge on any atom is -0.493 e. The molecule has 6 nitrogen and oxygen atoms in total. The highest BCUT2D eigenvalue weighted by atomic mass is 16.6. The lowest BCUT2D eigenvalue weighted by atomic mass is 9.71. The standard InChI is InChI=1S/C30H32O6/c1-30(22-4-10-25(11-5-22)32-17-28-19-35-28,23-6-12-26(13-7-23)33-18-29-20-36-29)21-2-8-24(9-3-21)31-15-14-27-16-34-27/h2-13,27-29H,14-20H2,1H3. The second-order valence-electron chi connectivity index (χ2n) is 9.82. The molecule has 3 heterocycles. The minimum absolute atomic E-state index is 0.236. The van der Waals surface area contributed by atoms with Gasteiger partial charge in [0.05, 0.1) is 32.5 Å². The van der Waals surface area contributed by atoms with Gasteiger partial charge in [-0.25, -0.2) is 0 Å². The summed E-state index contributed by atoms with van der Waals surface area (Å²) >= 11 is 0. The lowest BCUT2D eigenvalue weighted by Gasteiger charge is -2.32. The maximum absolute atomic E-state index is 5.94. The van der Waals surface area contributed by atoms with Crippen LogP contribution < -0.4 is 14.2 Å². The van der Waals surface area contributed by atoms with Gasteiger partial charge < -0.3 is 28.4 Å². The first-order chi connectivity index (χ1) is 17.7. The van der Waals surface area contributed by atoms with E-state index in [-0.39, 0.29) is 17.6 Å². The van der Waals surface area contributed by atoms with Crippen LogP contribution in [0.3, 0.4) is 0 Å². The largest absolute Gasteiger partial charge is 0.493 e. The molecule has 0 spiro atoms. The molecule has 3 aliphatic rings. The van der Waals surface area contributed by atoms with Gasteiger partial charge >= 0.3 is 0 Å². The lowest BCUT2D eigenvalue weighted by molar-refractivity contribution is 0.263. The Labute approximate surface area is 212 Å². The van der Waals surface area contributed by atoms with Gasteiger partial charge in [0, 0.05) is 11.8 Å². The van der Waals surface area contributed by atoms with E-state index in [1.54, 1.807) is 0 Å². The van der Waals surface area contributed by atoms with Crippen LogP contribution >= 0.6 is 0 Å². The number of rotatable bonds is 13. The molecule has 3 unspecified atom stereocenters. The van der Waals surface area contributed by atoms with E-state index in [4.69, 9.17) is 28.4 Å². The van der Waals surface area contributed by atoms with Gasteiger partial charge in [0.25, 0.3) is 0 Å². The SMILES string of the molecule is CC(c1ccc(OCCC2CO2)cc1)(c1ccc(OCC2CO2)cc1)c1ccc(OCC2CO2)cc1. The number of hydrogen-bond donors (Lipinski definition) is 0. The summed E-state index contributed by atoms with van der Waals surface area (Å²) in [6.07, 6.45) is 1.78. The summed E-state index contributed by atoms with van der Waals surface area (Å²) in [5.41, 5.74) is 3.16. The zero-order valence-corrected chi connectivity index (χ0v) is 20.6. The van der Waals surface area contributed by atoms with Gasteiger partial charge in [0.2, 0.25) is 0 Å². The van der Waals surface area contributed by atoms with E-state index < -0.39 is 0 Å². The monoisotopic (exact) mass is 488 g/mol. The Morgan fingerprint density at radius 1 is 0.583 bits per heavy atom. The molecule has 36 heavy (non-hydrogen) atoms. The molecule has 0 N–H and O–H groups in total. The van der Waals surface area contributed by atoms with Crippen LogP contribution in [0, 0.1) is 0 Å². The van der Waals surface area contributed by atoms with Crippen molar-refractivity contribution in [2.75, 3.05) is 39.6 Å². The van der Waals surface area contributed by atoms with E-state index >= 15 is 0 Å². The zero-order valence-electron chi connectivity index (χ0n) is 20.6. The fourth-order valence-corrected chi connectivity index (χ4v) is 4.40. The number of benzene rings is 3. The highest BCUT2D eigenvalue weighted by Crippen LogP contribution is 2.40. The van der Waals surface area contributed by atoms with Crippen molar-refractivity contribution in [3.05, 3.63) is 89.5 Å². The summed E-state index contributed by atoms with van der Waals surface area (Å²) in [5, 5.41) is 0. The molecule has 0 aromatic heterocycles. The minimum atomic E-state index is -0.378. The Kier molecular flexibility index (Phi) is 6.57. The average Bonchev–Trinajstić information content (AvgIpc) is 3.77. The quantitative estimate of drug-likeness (QED) is 0.255. The van der Waals surface area contributed by atoms with Crippen LogP contribution in [0.4, 0.5) is 0 Å². The number of epoxide rings is 3. The molecule has 3 saturated heterocycles. The molecule has 3 atom stereocenters. The first kappa shape index (κ1) is 23.3. The first-order valence-corrected chi connectivity index (χ1v) is 12.7. The Morgan fingerprint density at radius 3 is 1.31 bits per heavy atom. The third-order valence-electron chi connectivity index (χ3n) is 7.08. The van der Waals surface area contributed by atoms with Crippen molar-refractivity contribution < 1.29 is 28.4 Å². The molecule has 6 rings (SSSR count). The van der Waals surface area contributed by atoms with Crippen LogP contribution in [0.1, 0.15) is 30.0 Å². The lowest BCUT2D eigenvalue weighted by Crippen LogP contribution is -2.25. The normalized spacial score (nSPS) is 23.4. The Balaban J connectivity index is 1.24. The van der Waals surface area contributed by atoms with Crippen molar-refractivity contribution in [2.24, 2.45) is 0 Å². The topological polar surface area (TPSA) is 65.3 Å². The molecule has 3 aromatic carbocycles. The predicted molar refractivity (Wildman–Crippen MR) is 135 cm³/mol. The molecule has 3 fully saturated rings. The summed E-state index contributed by atoms with van der Waals surface area (Å²) in [6.45, 7) is 6.56. The van der Waals surface area contributed by atoms with Crippen molar-refractivity contribution in [2.45, 2.75) is 37.1 Å². The highest BCUT2D eigenvalue weighted by Gasteiger charge is 2.32. The summed E-state index contributed by atoms with van der Waals surface area (Å²) in [6, 6.07) is 25.2. The Bertz CT molecular complexity index is 1070. The van der Waals surface area contributed by atoms with Gasteiger partial charge in [-0.05, 0) is 60.0 Å². The van der Waals surface area contributed by atoms with Gasteiger partial charge in [-0.3, -0.25) is 0 Å². The van der Waals surface area contributed by atoms with Gasteiger partial charge in [0.15, 0.2) is 0 Å². The second-order valence-corrected chi connectivity index (χ2v) is 9.82. The molecule has 0 radical (unpaired) electrons. The van der Waals surface area contributed by atoms with Gasteiger partial charge in [0.1, 0.15) is 42.7 Å². The predicted octanol–water partition coefficient (Wildman–Crippen LogP) is 4.76. The van der Waals surface area contributed by atoms with Crippen LogP contribution in [-0.2, 0) is 19.6 Å². The van der Waals surface area contributed by atoms with Crippen molar-refractivity contribution >= 4 is 0 Å². The maximum atomic E-state index is 5.94. The molecular formula is C30H32O6. The van der Waals surface area contributed by atoms with Gasteiger partial charge in [-0.1, -0.05) is 36.4 Å². The molecule has 6 heteroatoms. The number of ether oxygens (including phenoxy) is 6. The molecule has 0 aliphatic carbocycles. The van der Waals surface area contributed by atoms with E-state index in [1.165, 1.54) is 16.7 Å². The molecule has 0 saturated carbocycles. The highest BCUT2D eigenvalue weighted by molar-refractivity contribution is 5.52. The van der Waals surface area contributed by atoms with Crippen molar-refractivity contribution in [3.63, 3.8) is 0 Å². The van der Waals surface area contributed by atoms with E-state index in [0.29, 0.717) is 25.9 Å². The van der Waals surface area contributed by atoms with Gasteiger partial charge in [-0.15, -0.1) is 0 Å². The number of hydrogen-bond acceptors (Lipinski definition) is 6. The van der Waals surface area contributed by atoms with Crippen LogP contribution in [0.15, 0.2) is 72.8 Å². The van der Waals surface area contributed by atoms with Crippen molar-refractivity contribution in [3.8, 4) is 17.2 Å². The zero-order chi connectivity index (χ0) is 24.4. The molecule has 0 bridgehead atoms. The summed E-state index contributed by atoms with van der Waals surface area (Å²) in [7, 11) is 0. The molecule has 3 aliphatic heterocycles. The van der Waals surface area contributed by atoms with E-state index in [9.17, 15) is 0 Å². The average molecular weight is 489 g/mol. The fourth-order valence-electron chi connectivity index (χ4n) is 4.40. The van der Waals surface area contributed by atoms with E-state index in [0.717, 1.165) is 43.5 Å². The van der Waals surface area contributed by atoms with Crippen LogP contribution in [-0.4, -0.2) is 58.0 Å². The summed E-state index contributed by atoms with van der Waals surface area (Å²) in [5.74, 6) is 2.58. The van der Waals surface area contributed by atoms with Crippen LogP contribution in [0.2, 0.25) is 0 Å². The van der Waals surface area contributed by atoms with E-state index in [2.05, 4.69) is 55.5 Å². The van der Waals surface area contributed by atoms with Crippen molar-refractivity contribution in [1.29, 1.82) is 0 Å². The second kappa shape index (κ2) is 10.1. The van der Waals surface area contributed by atoms with Crippen molar-refractivity contribution in [1.82, 2.24) is 0 Å². The van der Waals surface area contributed by atoms with E-state index in [1.807, 2.05) is 24.3 Å². The molecular weight excluding hydrogens is 456 g/mol. The van der Waals surface area contributed by atoms with Crippen LogP contribution in [0.5, 0.6) is 17.2 Å². The smallest absolute Gasteiger partial charge is 0.119 e. The Hall–Kier alpha value is -3.06. The molecule has 188 valence electrons. The molecule has 3 aromatic rings.